The summed E-state index contributed by atoms with van der Waals surface area (Å²) in [5.74, 6) is 0.758. The number of pyridine rings is 2. The fourth-order valence-electron chi connectivity index (χ4n) is 6.88. The number of benzene rings is 6. The van der Waals surface area contributed by atoms with E-state index in [1.54, 1.807) is 0 Å². The summed E-state index contributed by atoms with van der Waals surface area (Å²) in [4.78, 5) is 14.3. The van der Waals surface area contributed by atoms with E-state index in [4.69, 9.17) is 14.4 Å². The van der Waals surface area contributed by atoms with Crippen LogP contribution in [0.15, 0.2) is 156 Å². The molecule has 4 heterocycles. The quantitative estimate of drug-likeness (QED) is 0.131. The van der Waals surface area contributed by atoms with Crippen LogP contribution in [0.1, 0.15) is 0 Å². The van der Waals surface area contributed by atoms with Crippen LogP contribution >= 0.6 is 0 Å². The number of hydrogen-bond donors (Lipinski definition) is 0. The molecule has 0 saturated carbocycles. The van der Waals surface area contributed by atoms with E-state index >= 15 is 0 Å². The third kappa shape index (κ3) is 6.27. The van der Waals surface area contributed by atoms with Crippen LogP contribution in [0.2, 0.25) is 19.6 Å². The van der Waals surface area contributed by atoms with Crippen LogP contribution in [0.4, 0.5) is 0 Å². The third-order valence-corrected chi connectivity index (χ3v) is 11.6. The molecule has 0 N–H and O–H groups in total. The molecule has 10 rings (SSSR count). The molecule has 0 bridgehead atoms. The van der Waals surface area contributed by atoms with E-state index in [1.807, 2.05) is 73.1 Å². The normalized spacial score (nSPS) is 11.5. The van der Waals surface area contributed by atoms with Gasteiger partial charge in [-0.25, -0.2) is 4.98 Å². The Labute approximate surface area is 322 Å². The molecule has 5 nitrogen and oxygen atoms in total. The minimum Gasteiger partial charge on any atom is -0.500 e. The zero-order valence-corrected chi connectivity index (χ0v) is 32.9. The molecule has 4 aromatic heterocycles. The molecule has 1 radical (unpaired) electrons. The first kappa shape index (κ1) is 34.4. The van der Waals surface area contributed by atoms with Gasteiger partial charge in [-0.1, -0.05) is 122 Å². The smallest absolute Gasteiger partial charge is 0.169 e. The number of aromatic nitrogens is 4. The Kier molecular flexibility index (Phi) is 9.09. The van der Waals surface area contributed by atoms with Crippen LogP contribution in [-0.2, 0) is 20.1 Å². The van der Waals surface area contributed by atoms with Crippen LogP contribution < -0.4 is 5.19 Å². The molecule has 0 saturated heterocycles. The molecule has 0 amide bonds. The molecule has 0 aliphatic rings. The number of fused-ring (bicyclic) bond motifs is 8. The predicted octanol–water partition coefficient (Wildman–Crippen LogP) is 11.2. The average Bonchev–Trinajstić information content (AvgIpc) is 3.78. The molecule has 7 heteroatoms. The molecule has 53 heavy (non-hydrogen) atoms. The van der Waals surface area contributed by atoms with Crippen molar-refractivity contribution in [3.05, 3.63) is 164 Å². The van der Waals surface area contributed by atoms with E-state index in [9.17, 15) is 0 Å². The molecular formula is C46H34IrN4OSi-2. The maximum absolute atomic E-state index is 6.62. The fraction of sp³-hybridized carbons (Fsp3) is 0.0652. The van der Waals surface area contributed by atoms with Gasteiger partial charge in [0.15, 0.2) is 5.65 Å². The number of imidazole rings is 1. The van der Waals surface area contributed by atoms with E-state index in [1.165, 1.54) is 5.19 Å². The van der Waals surface area contributed by atoms with Gasteiger partial charge in [-0.2, -0.15) is 0 Å². The first-order valence-electron chi connectivity index (χ1n) is 17.4. The van der Waals surface area contributed by atoms with Crippen molar-refractivity contribution in [3.63, 3.8) is 0 Å². The van der Waals surface area contributed by atoms with Crippen molar-refractivity contribution in [1.82, 2.24) is 19.5 Å². The monoisotopic (exact) mass is 879 g/mol. The second kappa shape index (κ2) is 14.0. The van der Waals surface area contributed by atoms with Crippen molar-refractivity contribution in [1.29, 1.82) is 0 Å². The first-order chi connectivity index (χ1) is 25.4. The summed E-state index contributed by atoms with van der Waals surface area (Å²) in [5, 5.41) is 7.97. The Balaban J connectivity index is 0.000000199. The summed E-state index contributed by atoms with van der Waals surface area (Å²) in [6, 6.07) is 54.1. The van der Waals surface area contributed by atoms with Gasteiger partial charge in [0.25, 0.3) is 0 Å². The summed E-state index contributed by atoms with van der Waals surface area (Å²) >= 11 is 0. The standard InChI is InChI=1S/C32H18N3O.C14H16NSi.Ir/c1-2-11-22(12-3-1)35-28-23-13-6-5-10-21(23)19-33-31(28)34-32(35)27-16-8-15-25-26-18-17-20-9-4-7-14-24(20)29(26)36-30(25)27;1-16(2,3)13-9-10-14(15-11-13)12-7-5-4-6-8-12;/h1-15,17-19H;4-7,9-11H,1-3H3;/q2*-1;. The van der Waals surface area contributed by atoms with Gasteiger partial charge in [-0.3, -0.25) is 4.98 Å². The van der Waals surface area contributed by atoms with E-state index in [0.29, 0.717) is 5.65 Å². The second-order valence-corrected chi connectivity index (χ2v) is 19.0. The number of para-hydroxylation sites is 1. The van der Waals surface area contributed by atoms with Crippen molar-refractivity contribution < 1.29 is 24.5 Å². The van der Waals surface area contributed by atoms with Crippen LogP contribution in [0.3, 0.4) is 0 Å². The van der Waals surface area contributed by atoms with E-state index in [-0.39, 0.29) is 20.1 Å². The maximum atomic E-state index is 6.62. The Morgan fingerprint density at radius 2 is 1.32 bits per heavy atom. The summed E-state index contributed by atoms with van der Waals surface area (Å²) in [6.07, 6.45) is 3.91. The van der Waals surface area contributed by atoms with Crippen LogP contribution in [-0.4, -0.2) is 27.6 Å². The fourth-order valence-corrected chi connectivity index (χ4v) is 7.91. The number of hydrogen-bond acceptors (Lipinski definition) is 4. The van der Waals surface area contributed by atoms with Crippen molar-refractivity contribution in [2.24, 2.45) is 0 Å². The number of furan rings is 1. The summed E-state index contributed by atoms with van der Waals surface area (Å²) in [6.45, 7) is 7.00. The van der Waals surface area contributed by atoms with Gasteiger partial charge in [0.2, 0.25) is 0 Å². The molecular weight excluding hydrogens is 845 g/mol. The Hall–Kier alpha value is -5.72. The maximum Gasteiger partial charge on any atom is 0.169 e. The first-order valence-corrected chi connectivity index (χ1v) is 20.9. The molecule has 0 atom stereocenters. The van der Waals surface area contributed by atoms with Gasteiger partial charge < -0.3 is 14.0 Å². The number of nitrogens with zero attached hydrogens (tertiary/aromatic N) is 4. The van der Waals surface area contributed by atoms with Crippen LogP contribution in [0.5, 0.6) is 0 Å². The molecule has 0 unspecified atom stereocenters. The Morgan fingerprint density at radius 3 is 2.08 bits per heavy atom. The molecule has 6 aromatic carbocycles. The SMILES string of the molecule is C[Si](C)(C)c1ccc(-c2[c-]cccc2)nc1.[Ir].[c-]1ccc2c(oc3c4ccccc4ccc23)c1-c1nc2ncc3ccccc3c2n1-c1ccccc1. The number of rotatable bonds is 4. The average molecular weight is 879 g/mol. The molecule has 259 valence electrons. The molecule has 0 fully saturated rings. The summed E-state index contributed by atoms with van der Waals surface area (Å²) in [5.41, 5.74) is 7.22. The van der Waals surface area contributed by atoms with Gasteiger partial charge in [-0.15, -0.1) is 54.1 Å². The summed E-state index contributed by atoms with van der Waals surface area (Å²) < 4.78 is 8.80. The van der Waals surface area contributed by atoms with Crippen molar-refractivity contribution in [3.8, 4) is 28.3 Å². The second-order valence-electron chi connectivity index (χ2n) is 13.9. The van der Waals surface area contributed by atoms with Crippen molar-refractivity contribution >= 4 is 67.9 Å². The molecule has 10 aromatic rings. The largest absolute Gasteiger partial charge is 0.500 e. The van der Waals surface area contributed by atoms with E-state index < -0.39 is 8.07 Å². The van der Waals surface area contributed by atoms with Gasteiger partial charge >= 0.3 is 0 Å². The van der Waals surface area contributed by atoms with Gasteiger partial charge in [0.05, 0.1) is 25.0 Å². The minimum absolute atomic E-state index is 0. The Bertz CT molecular complexity index is 2880. The topological polar surface area (TPSA) is 56.7 Å². The van der Waals surface area contributed by atoms with Gasteiger partial charge in [-0.05, 0) is 28.4 Å². The molecule has 0 spiro atoms. The van der Waals surface area contributed by atoms with Gasteiger partial charge in [0, 0.05) is 59.7 Å². The van der Waals surface area contributed by atoms with Crippen LogP contribution in [0.25, 0.3) is 83.0 Å². The van der Waals surface area contributed by atoms with E-state index in [0.717, 1.165) is 77.3 Å². The molecule has 0 aliphatic heterocycles. The predicted molar refractivity (Wildman–Crippen MR) is 217 cm³/mol. The minimum atomic E-state index is -1.23. The van der Waals surface area contributed by atoms with E-state index in [2.05, 4.69) is 120 Å². The zero-order chi connectivity index (χ0) is 35.2. The summed E-state index contributed by atoms with van der Waals surface area (Å²) in [7, 11) is -1.23. The van der Waals surface area contributed by atoms with Crippen LogP contribution in [0, 0.1) is 12.1 Å². The third-order valence-electron chi connectivity index (χ3n) is 9.58. The Morgan fingerprint density at radius 1 is 0.585 bits per heavy atom. The zero-order valence-electron chi connectivity index (χ0n) is 29.5. The molecule has 0 aliphatic carbocycles. The van der Waals surface area contributed by atoms with Crippen molar-refractivity contribution in [2.75, 3.05) is 0 Å². The van der Waals surface area contributed by atoms with Gasteiger partial charge in [0.1, 0.15) is 5.58 Å². The van der Waals surface area contributed by atoms with Crippen molar-refractivity contribution in [2.45, 2.75) is 19.6 Å².